The Morgan fingerprint density at radius 1 is 0.857 bits per heavy atom. The van der Waals surface area contributed by atoms with Crippen LogP contribution in [0.4, 0.5) is 0 Å². The van der Waals surface area contributed by atoms with Crippen LogP contribution in [-0.4, -0.2) is 16.6 Å². The van der Waals surface area contributed by atoms with E-state index in [1.54, 1.807) is 0 Å². The lowest BCUT2D eigenvalue weighted by molar-refractivity contribution is 0.309. The van der Waals surface area contributed by atoms with Crippen LogP contribution in [0.25, 0.3) is 33.5 Å². The van der Waals surface area contributed by atoms with E-state index in [-0.39, 0.29) is 0 Å². The molecule has 0 atom stereocenters. The summed E-state index contributed by atoms with van der Waals surface area (Å²) in [5.41, 5.74) is 3.75. The van der Waals surface area contributed by atoms with E-state index >= 15 is 0 Å². The molecule has 0 aliphatic rings. The highest BCUT2D eigenvalue weighted by Crippen LogP contribution is 2.31. The van der Waals surface area contributed by atoms with Gasteiger partial charge in [0, 0.05) is 21.5 Å². The lowest BCUT2D eigenvalue weighted by Crippen LogP contribution is -1.97. The average Bonchev–Trinajstić information content (AvgIpc) is 2.74. The van der Waals surface area contributed by atoms with Gasteiger partial charge in [-0.2, -0.15) is 0 Å². The zero-order valence-corrected chi connectivity index (χ0v) is 16.5. The Kier molecular flexibility index (Phi) is 5.54. The van der Waals surface area contributed by atoms with Gasteiger partial charge in [-0.25, -0.2) is 9.97 Å². The molecule has 28 heavy (non-hydrogen) atoms. The van der Waals surface area contributed by atoms with Crippen molar-refractivity contribution in [1.82, 2.24) is 9.97 Å². The molecule has 0 unspecified atom stereocenters. The zero-order chi connectivity index (χ0) is 19.3. The first-order chi connectivity index (χ1) is 13.7. The molecule has 1 aromatic heterocycles. The first-order valence-corrected chi connectivity index (χ1v) is 9.88. The molecule has 140 valence electrons. The molecular formula is C24H21ClN2O. The molecular weight excluding hydrogens is 368 g/mol. The molecule has 0 saturated heterocycles. The molecule has 0 spiro atoms. The fourth-order valence-corrected chi connectivity index (χ4v) is 3.25. The van der Waals surface area contributed by atoms with Gasteiger partial charge in [-0.15, -0.1) is 0 Å². The predicted octanol–water partition coefficient (Wildman–Crippen LogP) is 6.80. The second kappa shape index (κ2) is 8.41. The van der Waals surface area contributed by atoms with Crippen molar-refractivity contribution < 1.29 is 4.74 Å². The largest absolute Gasteiger partial charge is 0.494 e. The van der Waals surface area contributed by atoms with Gasteiger partial charge in [0.05, 0.1) is 17.8 Å². The van der Waals surface area contributed by atoms with Crippen molar-refractivity contribution in [3.63, 3.8) is 0 Å². The number of halogens is 1. The van der Waals surface area contributed by atoms with E-state index in [2.05, 4.69) is 19.1 Å². The third kappa shape index (κ3) is 4.00. The molecule has 0 aliphatic heterocycles. The van der Waals surface area contributed by atoms with Crippen molar-refractivity contribution in [3.8, 4) is 28.4 Å². The number of benzene rings is 3. The highest BCUT2D eigenvalue weighted by Gasteiger charge is 2.12. The number of ether oxygens (including phenoxy) is 1. The van der Waals surface area contributed by atoms with Gasteiger partial charge in [-0.05, 0) is 48.9 Å². The summed E-state index contributed by atoms with van der Waals surface area (Å²) in [5, 5.41) is 1.62. The highest BCUT2D eigenvalue weighted by atomic mass is 35.5. The maximum Gasteiger partial charge on any atom is 0.160 e. The van der Waals surface area contributed by atoms with Crippen LogP contribution in [0.2, 0.25) is 5.02 Å². The van der Waals surface area contributed by atoms with E-state index in [9.17, 15) is 0 Å². The number of hydrogen-bond donors (Lipinski definition) is 0. The zero-order valence-electron chi connectivity index (χ0n) is 15.7. The average molecular weight is 389 g/mol. The molecule has 0 radical (unpaired) electrons. The second-order valence-electron chi connectivity index (χ2n) is 6.65. The summed E-state index contributed by atoms with van der Waals surface area (Å²) in [5.74, 6) is 1.56. The van der Waals surface area contributed by atoms with E-state index in [0.29, 0.717) is 10.8 Å². The third-order valence-corrected chi connectivity index (χ3v) is 4.82. The van der Waals surface area contributed by atoms with Crippen molar-refractivity contribution >= 4 is 22.5 Å². The topological polar surface area (TPSA) is 35.0 Å². The molecule has 3 aromatic carbocycles. The Morgan fingerprint density at radius 3 is 2.39 bits per heavy atom. The minimum Gasteiger partial charge on any atom is -0.494 e. The fraction of sp³-hybridized carbons (Fsp3) is 0.167. The highest BCUT2D eigenvalue weighted by molar-refractivity contribution is 6.31. The first kappa shape index (κ1) is 18.5. The standard InChI is InChI=1S/C24H21ClN2O/c1-2-3-15-28-20-12-9-18(10-13-20)24-26-22-14-11-19(25)16-21(22)23(27-24)17-7-5-4-6-8-17/h4-14,16H,2-3,15H2,1H3. The van der Waals surface area contributed by atoms with Crippen LogP contribution in [0.5, 0.6) is 5.75 Å². The second-order valence-corrected chi connectivity index (χ2v) is 7.09. The molecule has 0 fully saturated rings. The number of rotatable bonds is 6. The first-order valence-electron chi connectivity index (χ1n) is 9.50. The van der Waals surface area contributed by atoms with Gasteiger partial charge in [0.1, 0.15) is 5.75 Å². The molecule has 3 nitrogen and oxygen atoms in total. The molecule has 0 bridgehead atoms. The van der Waals surface area contributed by atoms with E-state index < -0.39 is 0 Å². The summed E-state index contributed by atoms with van der Waals surface area (Å²) in [4.78, 5) is 9.64. The van der Waals surface area contributed by atoms with Crippen LogP contribution in [0.1, 0.15) is 19.8 Å². The summed E-state index contributed by atoms with van der Waals surface area (Å²) in [6.45, 7) is 2.89. The molecule has 0 saturated carbocycles. The van der Waals surface area contributed by atoms with E-state index in [1.165, 1.54) is 0 Å². The lowest BCUT2D eigenvalue weighted by atomic mass is 10.1. The summed E-state index contributed by atoms with van der Waals surface area (Å²) < 4.78 is 5.76. The van der Waals surface area contributed by atoms with Crippen LogP contribution in [0.3, 0.4) is 0 Å². The number of hydrogen-bond acceptors (Lipinski definition) is 3. The van der Waals surface area contributed by atoms with E-state index in [1.807, 2.05) is 60.7 Å². The molecule has 1 heterocycles. The van der Waals surface area contributed by atoms with Gasteiger partial charge in [-0.3, -0.25) is 0 Å². The van der Waals surface area contributed by atoms with Crippen molar-refractivity contribution in [2.45, 2.75) is 19.8 Å². The van der Waals surface area contributed by atoms with Gasteiger partial charge in [0.2, 0.25) is 0 Å². The smallest absolute Gasteiger partial charge is 0.160 e. The van der Waals surface area contributed by atoms with Crippen molar-refractivity contribution in [3.05, 3.63) is 77.8 Å². The minimum atomic E-state index is 0.676. The van der Waals surface area contributed by atoms with Gasteiger partial charge in [-0.1, -0.05) is 55.3 Å². The molecule has 4 heteroatoms. The Morgan fingerprint density at radius 2 is 1.64 bits per heavy atom. The molecule has 0 amide bonds. The molecule has 0 aliphatic carbocycles. The lowest BCUT2D eigenvalue weighted by Gasteiger charge is -2.10. The van der Waals surface area contributed by atoms with E-state index in [0.717, 1.165) is 52.9 Å². The summed E-state index contributed by atoms with van der Waals surface area (Å²) in [7, 11) is 0. The SMILES string of the molecule is CCCCOc1ccc(-c2nc(-c3ccccc3)c3cc(Cl)ccc3n2)cc1. The van der Waals surface area contributed by atoms with Crippen molar-refractivity contribution in [2.75, 3.05) is 6.61 Å². The Balaban J connectivity index is 1.77. The molecule has 0 N–H and O–H groups in total. The molecule has 4 rings (SSSR count). The van der Waals surface area contributed by atoms with Gasteiger partial charge in [0.15, 0.2) is 5.82 Å². The third-order valence-electron chi connectivity index (χ3n) is 4.58. The minimum absolute atomic E-state index is 0.676. The Hall–Kier alpha value is -2.91. The number of unbranched alkanes of at least 4 members (excludes halogenated alkanes) is 1. The van der Waals surface area contributed by atoms with Crippen molar-refractivity contribution in [1.29, 1.82) is 0 Å². The van der Waals surface area contributed by atoms with Gasteiger partial charge >= 0.3 is 0 Å². The predicted molar refractivity (Wildman–Crippen MR) is 116 cm³/mol. The summed E-state index contributed by atoms with van der Waals surface area (Å²) in [6, 6.07) is 23.8. The maximum atomic E-state index is 6.23. The van der Waals surface area contributed by atoms with Crippen LogP contribution < -0.4 is 4.74 Å². The van der Waals surface area contributed by atoms with E-state index in [4.69, 9.17) is 26.3 Å². The summed E-state index contributed by atoms with van der Waals surface area (Å²) >= 11 is 6.23. The van der Waals surface area contributed by atoms with Crippen LogP contribution in [0.15, 0.2) is 72.8 Å². The fourth-order valence-electron chi connectivity index (χ4n) is 3.08. The van der Waals surface area contributed by atoms with Crippen LogP contribution in [0, 0.1) is 0 Å². The number of fused-ring (bicyclic) bond motifs is 1. The van der Waals surface area contributed by atoms with Crippen LogP contribution in [-0.2, 0) is 0 Å². The summed E-state index contributed by atoms with van der Waals surface area (Å²) in [6.07, 6.45) is 2.17. The molecule has 4 aromatic rings. The maximum absolute atomic E-state index is 6.23. The van der Waals surface area contributed by atoms with Gasteiger partial charge in [0.25, 0.3) is 0 Å². The quantitative estimate of drug-likeness (QED) is 0.341. The van der Waals surface area contributed by atoms with Gasteiger partial charge < -0.3 is 4.74 Å². The Bertz CT molecular complexity index is 1080. The van der Waals surface area contributed by atoms with Crippen LogP contribution >= 0.6 is 11.6 Å². The number of aromatic nitrogens is 2. The Labute approximate surface area is 170 Å². The van der Waals surface area contributed by atoms with Crippen molar-refractivity contribution in [2.24, 2.45) is 0 Å². The normalized spacial score (nSPS) is 10.9. The number of nitrogens with zero attached hydrogens (tertiary/aromatic N) is 2. The monoisotopic (exact) mass is 388 g/mol.